The van der Waals surface area contributed by atoms with Gasteiger partial charge in [-0.15, -0.1) is 0 Å². The number of nitrogens with one attached hydrogen (secondary N) is 1. The van der Waals surface area contributed by atoms with E-state index in [1.165, 1.54) is 31.3 Å². The van der Waals surface area contributed by atoms with E-state index in [9.17, 15) is 18.0 Å². The van der Waals surface area contributed by atoms with Crippen LogP contribution in [0.4, 0.5) is 0 Å². The largest absolute Gasteiger partial charge is 0.452 e. The second-order valence-corrected chi connectivity index (χ2v) is 7.08. The lowest BCUT2D eigenvalue weighted by atomic mass is 10.2. The SMILES string of the molecule is CCCN(CCC)C(=O)COC(=O)c1cccc(S(=O)(=O)NC)c1. The van der Waals surface area contributed by atoms with Crippen LogP contribution in [0.25, 0.3) is 0 Å². The molecule has 8 heteroatoms. The highest BCUT2D eigenvalue weighted by atomic mass is 32.2. The molecule has 1 aromatic carbocycles. The second-order valence-electron chi connectivity index (χ2n) is 5.19. The third-order valence-corrected chi connectivity index (χ3v) is 4.73. The summed E-state index contributed by atoms with van der Waals surface area (Å²) >= 11 is 0. The minimum atomic E-state index is -3.65. The van der Waals surface area contributed by atoms with Crippen LogP contribution >= 0.6 is 0 Å². The van der Waals surface area contributed by atoms with Crippen molar-refractivity contribution in [2.45, 2.75) is 31.6 Å². The summed E-state index contributed by atoms with van der Waals surface area (Å²) in [6.07, 6.45) is 1.65. The van der Waals surface area contributed by atoms with Gasteiger partial charge in [0.2, 0.25) is 10.0 Å². The van der Waals surface area contributed by atoms with Crippen molar-refractivity contribution in [3.05, 3.63) is 29.8 Å². The Bertz CT molecular complexity index is 667. The molecule has 0 fully saturated rings. The van der Waals surface area contributed by atoms with E-state index in [0.717, 1.165) is 12.8 Å². The van der Waals surface area contributed by atoms with Gasteiger partial charge in [0, 0.05) is 13.1 Å². The third kappa shape index (κ3) is 5.61. The summed E-state index contributed by atoms with van der Waals surface area (Å²) < 4.78 is 30.7. The zero-order chi connectivity index (χ0) is 18.2. The summed E-state index contributed by atoms with van der Waals surface area (Å²) in [6.45, 7) is 4.80. The molecule has 1 rings (SSSR count). The normalized spacial score (nSPS) is 11.1. The van der Waals surface area contributed by atoms with E-state index >= 15 is 0 Å². The molecule has 7 nitrogen and oxygen atoms in total. The summed E-state index contributed by atoms with van der Waals surface area (Å²) in [5, 5.41) is 0. The molecule has 0 aliphatic carbocycles. The predicted octanol–water partition coefficient (Wildman–Crippen LogP) is 1.40. The van der Waals surface area contributed by atoms with E-state index in [1.807, 2.05) is 13.8 Å². The maximum Gasteiger partial charge on any atom is 0.338 e. The van der Waals surface area contributed by atoms with Crippen LogP contribution in [0.15, 0.2) is 29.2 Å². The minimum absolute atomic E-state index is 0.0376. The van der Waals surface area contributed by atoms with Crippen molar-refractivity contribution in [3.8, 4) is 0 Å². The number of ether oxygens (including phenoxy) is 1. The Morgan fingerprint density at radius 1 is 1.17 bits per heavy atom. The molecule has 0 spiro atoms. The molecule has 0 aliphatic heterocycles. The number of carbonyl (C=O) groups is 2. The van der Waals surface area contributed by atoms with E-state index in [1.54, 1.807) is 4.90 Å². The van der Waals surface area contributed by atoms with Crippen LogP contribution in [0.3, 0.4) is 0 Å². The maximum atomic E-state index is 12.1. The molecule has 0 radical (unpaired) electrons. The fraction of sp³-hybridized carbons (Fsp3) is 0.500. The number of esters is 1. The highest BCUT2D eigenvalue weighted by Crippen LogP contribution is 2.12. The van der Waals surface area contributed by atoms with Crippen LogP contribution in [0.2, 0.25) is 0 Å². The van der Waals surface area contributed by atoms with Crippen LogP contribution in [0, 0.1) is 0 Å². The Kier molecular flexibility index (Phi) is 7.87. The first-order valence-electron chi connectivity index (χ1n) is 7.84. The van der Waals surface area contributed by atoms with Crippen LogP contribution < -0.4 is 4.72 Å². The van der Waals surface area contributed by atoms with Gasteiger partial charge in [-0.2, -0.15) is 0 Å². The molecule has 0 atom stereocenters. The Morgan fingerprint density at radius 3 is 2.33 bits per heavy atom. The minimum Gasteiger partial charge on any atom is -0.452 e. The lowest BCUT2D eigenvalue weighted by Gasteiger charge is -2.21. The highest BCUT2D eigenvalue weighted by Gasteiger charge is 2.17. The molecule has 1 N–H and O–H groups in total. The summed E-state index contributed by atoms with van der Waals surface area (Å²) in [5.74, 6) is -0.990. The average molecular weight is 356 g/mol. The molecule has 0 bridgehead atoms. The van der Waals surface area contributed by atoms with Crippen molar-refractivity contribution < 1.29 is 22.7 Å². The number of carbonyl (C=O) groups excluding carboxylic acids is 2. The Morgan fingerprint density at radius 2 is 1.79 bits per heavy atom. The van der Waals surface area contributed by atoms with Gasteiger partial charge in [0.1, 0.15) is 0 Å². The van der Waals surface area contributed by atoms with E-state index in [-0.39, 0.29) is 23.0 Å². The predicted molar refractivity (Wildman–Crippen MR) is 90.1 cm³/mol. The lowest BCUT2D eigenvalue weighted by molar-refractivity contribution is -0.134. The molecule has 0 unspecified atom stereocenters. The van der Waals surface area contributed by atoms with Crippen LogP contribution in [-0.2, 0) is 19.6 Å². The molecule has 0 saturated carbocycles. The third-order valence-electron chi connectivity index (χ3n) is 3.32. The monoisotopic (exact) mass is 356 g/mol. The van der Waals surface area contributed by atoms with Gasteiger partial charge >= 0.3 is 5.97 Å². The number of rotatable bonds is 9. The van der Waals surface area contributed by atoms with Crippen molar-refractivity contribution in [1.82, 2.24) is 9.62 Å². The van der Waals surface area contributed by atoms with Crippen molar-refractivity contribution in [3.63, 3.8) is 0 Å². The van der Waals surface area contributed by atoms with Gasteiger partial charge in [-0.05, 0) is 38.1 Å². The van der Waals surface area contributed by atoms with Crippen LogP contribution in [-0.4, -0.2) is 51.9 Å². The van der Waals surface area contributed by atoms with Gasteiger partial charge in [0.15, 0.2) is 6.61 Å². The summed E-state index contributed by atoms with van der Waals surface area (Å²) in [4.78, 5) is 25.7. The van der Waals surface area contributed by atoms with Gasteiger partial charge in [-0.3, -0.25) is 4.79 Å². The van der Waals surface area contributed by atoms with Gasteiger partial charge in [0.05, 0.1) is 10.5 Å². The second kappa shape index (κ2) is 9.39. The number of benzene rings is 1. The van der Waals surface area contributed by atoms with Gasteiger partial charge < -0.3 is 9.64 Å². The number of hydrogen-bond acceptors (Lipinski definition) is 5. The molecule has 1 amide bonds. The maximum absolute atomic E-state index is 12.1. The Hall–Kier alpha value is -1.93. The molecular formula is C16H24N2O5S. The van der Waals surface area contributed by atoms with E-state index in [2.05, 4.69) is 4.72 Å². The molecule has 0 aliphatic rings. The first-order valence-corrected chi connectivity index (χ1v) is 9.32. The van der Waals surface area contributed by atoms with E-state index in [4.69, 9.17) is 4.74 Å². The van der Waals surface area contributed by atoms with Crippen LogP contribution in [0.5, 0.6) is 0 Å². The van der Waals surface area contributed by atoms with E-state index < -0.39 is 16.0 Å². The summed E-state index contributed by atoms with van der Waals surface area (Å²) in [6, 6.07) is 5.48. The van der Waals surface area contributed by atoms with Crippen molar-refractivity contribution >= 4 is 21.9 Å². The lowest BCUT2D eigenvalue weighted by Crippen LogP contribution is -2.35. The quantitative estimate of drug-likeness (QED) is 0.675. The Labute approximate surface area is 143 Å². The van der Waals surface area contributed by atoms with Crippen LogP contribution in [0.1, 0.15) is 37.0 Å². The first kappa shape index (κ1) is 20.1. The average Bonchev–Trinajstić information content (AvgIpc) is 2.59. The van der Waals surface area contributed by atoms with Crippen molar-refractivity contribution in [1.29, 1.82) is 0 Å². The van der Waals surface area contributed by atoms with Gasteiger partial charge in [-0.1, -0.05) is 19.9 Å². The standard InChI is InChI=1S/C16H24N2O5S/c1-4-9-18(10-5-2)15(19)12-23-16(20)13-7-6-8-14(11-13)24(21,22)17-3/h6-8,11,17H,4-5,9-10,12H2,1-3H3. The van der Waals surface area contributed by atoms with E-state index in [0.29, 0.717) is 13.1 Å². The number of amides is 1. The topological polar surface area (TPSA) is 92.8 Å². The molecule has 0 saturated heterocycles. The summed E-state index contributed by atoms with van der Waals surface area (Å²) in [5.41, 5.74) is 0.0802. The van der Waals surface area contributed by atoms with Gasteiger partial charge in [0.25, 0.3) is 5.91 Å². The zero-order valence-corrected chi connectivity index (χ0v) is 15.1. The zero-order valence-electron chi connectivity index (χ0n) is 14.2. The summed E-state index contributed by atoms with van der Waals surface area (Å²) in [7, 11) is -2.36. The van der Waals surface area contributed by atoms with Crippen molar-refractivity contribution in [2.75, 3.05) is 26.7 Å². The Balaban J connectivity index is 2.75. The molecule has 0 aromatic heterocycles. The highest BCUT2D eigenvalue weighted by molar-refractivity contribution is 7.89. The molecule has 0 heterocycles. The fourth-order valence-electron chi connectivity index (χ4n) is 2.11. The number of nitrogens with zero attached hydrogens (tertiary/aromatic N) is 1. The number of hydrogen-bond donors (Lipinski definition) is 1. The fourth-order valence-corrected chi connectivity index (χ4v) is 2.89. The molecule has 24 heavy (non-hydrogen) atoms. The first-order chi connectivity index (χ1) is 11.4. The smallest absolute Gasteiger partial charge is 0.338 e. The molecule has 1 aromatic rings. The molecule has 134 valence electrons. The van der Waals surface area contributed by atoms with Crippen molar-refractivity contribution in [2.24, 2.45) is 0 Å². The number of sulfonamides is 1. The van der Waals surface area contributed by atoms with Gasteiger partial charge in [-0.25, -0.2) is 17.9 Å². The molecular weight excluding hydrogens is 332 g/mol.